The number of anilines is 1. The van der Waals surface area contributed by atoms with Gasteiger partial charge in [-0.25, -0.2) is 0 Å². The Morgan fingerprint density at radius 1 is 1.16 bits per heavy atom. The highest BCUT2D eigenvalue weighted by Crippen LogP contribution is 2.27. The molecule has 1 atom stereocenters. The number of aromatic nitrogens is 3. The largest absolute Gasteiger partial charge is 0.411 e. The van der Waals surface area contributed by atoms with Crippen LogP contribution in [-0.2, 0) is 4.79 Å². The van der Waals surface area contributed by atoms with Gasteiger partial charge in [-0.2, -0.15) is 0 Å². The molecule has 1 aromatic carbocycles. The predicted octanol–water partition coefficient (Wildman–Crippen LogP) is 3.87. The second-order valence-corrected chi connectivity index (χ2v) is 6.92. The second-order valence-electron chi connectivity index (χ2n) is 5.63. The maximum atomic E-state index is 12.5. The van der Waals surface area contributed by atoms with Crippen LogP contribution in [-0.4, -0.2) is 26.3 Å². The molecule has 128 valence electrons. The number of nitrogens with zero attached hydrogens (tertiary/aromatic N) is 3. The van der Waals surface area contributed by atoms with Crippen molar-refractivity contribution in [1.29, 1.82) is 0 Å². The number of thioether (sulfide) groups is 1. The fourth-order valence-corrected chi connectivity index (χ4v) is 2.99. The molecule has 25 heavy (non-hydrogen) atoms. The van der Waals surface area contributed by atoms with Gasteiger partial charge in [0.05, 0.1) is 10.8 Å². The average Bonchev–Trinajstić information content (AvgIpc) is 3.07. The van der Waals surface area contributed by atoms with Gasteiger partial charge in [-0.05, 0) is 44.0 Å². The van der Waals surface area contributed by atoms with Crippen LogP contribution in [0.5, 0.6) is 0 Å². The minimum atomic E-state index is -0.374. The summed E-state index contributed by atoms with van der Waals surface area (Å²) in [6, 6.07) is 9.55. The zero-order valence-electron chi connectivity index (χ0n) is 14.2. The molecule has 3 aromatic rings. The van der Waals surface area contributed by atoms with Crippen molar-refractivity contribution in [3.63, 3.8) is 0 Å². The van der Waals surface area contributed by atoms with E-state index < -0.39 is 0 Å². The van der Waals surface area contributed by atoms with Crippen molar-refractivity contribution in [3.8, 4) is 11.5 Å². The molecule has 0 saturated carbocycles. The second kappa shape index (κ2) is 7.48. The van der Waals surface area contributed by atoms with Gasteiger partial charge in [0.15, 0.2) is 0 Å². The molecule has 0 saturated heterocycles. The highest BCUT2D eigenvalue weighted by Gasteiger charge is 2.20. The van der Waals surface area contributed by atoms with Crippen molar-refractivity contribution in [3.05, 3.63) is 53.9 Å². The van der Waals surface area contributed by atoms with Crippen molar-refractivity contribution < 1.29 is 9.21 Å². The Morgan fingerprint density at radius 3 is 2.60 bits per heavy atom. The zero-order valence-corrected chi connectivity index (χ0v) is 15.0. The van der Waals surface area contributed by atoms with E-state index in [9.17, 15) is 4.79 Å². The van der Waals surface area contributed by atoms with Gasteiger partial charge in [0, 0.05) is 18.1 Å². The van der Waals surface area contributed by atoms with Crippen LogP contribution in [0.4, 0.5) is 5.69 Å². The van der Waals surface area contributed by atoms with Crippen LogP contribution in [0.3, 0.4) is 0 Å². The summed E-state index contributed by atoms with van der Waals surface area (Å²) in [5.41, 5.74) is 3.65. The van der Waals surface area contributed by atoms with Crippen molar-refractivity contribution in [1.82, 2.24) is 15.2 Å². The molecule has 1 unspecified atom stereocenters. The van der Waals surface area contributed by atoms with Gasteiger partial charge in [-0.1, -0.05) is 30.0 Å². The summed E-state index contributed by atoms with van der Waals surface area (Å²) in [6.07, 6.45) is 3.33. The van der Waals surface area contributed by atoms with Crippen LogP contribution < -0.4 is 5.32 Å². The monoisotopic (exact) mass is 354 g/mol. The molecular weight excluding hydrogens is 336 g/mol. The molecule has 7 heteroatoms. The van der Waals surface area contributed by atoms with E-state index in [0.29, 0.717) is 11.1 Å². The Hall–Kier alpha value is -2.67. The van der Waals surface area contributed by atoms with Crippen molar-refractivity contribution in [2.24, 2.45) is 0 Å². The number of benzene rings is 1. The molecule has 0 aliphatic carbocycles. The molecular formula is C18H18N4O2S. The summed E-state index contributed by atoms with van der Waals surface area (Å²) in [5, 5.41) is 11.0. The van der Waals surface area contributed by atoms with E-state index >= 15 is 0 Å². The van der Waals surface area contributed by atoms with E-state index in [1.165, 1.54) is 11.8 Å². The summed E-state index contributed by atoms with van der Waals surface area (Å²) in [4.78, 5) is 16.5. The van der Waals surface area contributed by atoms with Gasteiger partial charge in [0.1, 0.15) is 0 Å². The Morgan fingerprint density at radius 2 is 1.92 bits per heavy atom. The molecule has 3 rings (SSSR count). The highest BCUT2D eigenvalue weighted by atomic mass is 32.2. The molecule has 1 N–H and O–H groups in total. The third-order valence-electron chi connectivity index (χ3n) is 3.69. The lowest BCUT2D eigenvalue weighted by Gasteiger charge is -2.14. The van der Waals surface area contributed by atoms with Crippen LogP contribution in [0, 0.1) is 13.8 Å². The van der Waals surface area contributed by atoms with Gasteiger partial charge in [0.2, 0.25) is 11.8 Å². The Balaban J connectivity index is 1.67. The Bertz CT molecular complexity index is 860. The van der Waals surface area contributed by atoms with E-state index in [0.717, 1.165) is 22.4 Å². The molecule has 0 bridgehead atoms. The van der Waals surface area contributed by atoms with E-state index in [4.69, 9.17) is 4.42 Å². The molecule has 2 aromatic heterocycles. The van der Waals surface area contributed by atoms with Crippen molar-refractivity contribution in [2.45, 2.75) is 31.2 Å². The molecule has 2 heterocycles. The fourth-order valence-electron chi connectivity index (χ4n) is 2.30. The predicted molar refractivity (Wildman–Crippen MR) is 97.4 cm³/mol. The number of carbonyl (C=O) groups is 1. The summed E-state index contributed by atoms with van der Waals surface area (Å²) in [5.74, 6) is 0.279. The molecule has 0 aliphatic heterocycles. The minimum absolute atomic E-state index is 0.108. The number of hydrogen-bond donors (Lipinski definition) is 1. The first kappa shape index (κ1) is 17.2. The zero-order chi connectivity index (χ0) is 17.8. The van der Waals surface area contributed by atoms with Gasteiger partial charge in [-0.15, -0.1) is 10.2 Å². The fraction of sp³-hybridized carbons (Fsp3) is 0.222. The minimum Gasteiger partial charge on any atom is -0.411 e. The molecule has 0 radical (unpaired) electrons. The number of carbonyl (C=O) groups excluding carboxylic acids is 1. The maximum absolute atomic E-state index is 12.5. The highest BCUT2D eigenvalue weighted by molar-refractivity contribution is 8.00. The molecule has 0 fully saturated rings. The third-order valence-corrected chi connectivity index (χ3v) is 4.63. The number of pyridine rings is 1. The smallest absolute Gasteiger partial charge is 0.277 e. The van der Waals surface area contributed by atoms with Crippen molar-refractivity contribution >= 4 is 23.4 Å². The number of nitrogens with one attached hydrogen (secondary N) is 1. The van der Waals surface area contributed by atoms with E-state index in [2.05, 4.69) is 20.5 Å². The van der Waals surface area contributed by atoms with Crippen LogP contribution in [0.2, 0.25) is 0 Å². The first-order valence-electron chi connectivity index (χ1n) is 7.82. The number of rotatable bonds is 5. The van der Waals surface area contributed by atoms with Gasteiger partial charge >= 0.3 is 0 Å². The maximum Gasteiger partial charge on any atom is 0.277 e. The SMILES string of the molecule is Cc1cccc(C)c1NC(=O)C(C)Sc1nnc(-c2cccnc2)o1. The molecule has 0 spiro atoms. The number of hydrogen-bond acceptors (Lipinski definition) is 6. The lowest BCUT2D eigenvalue weighted by molar-refractivity contribution is -0.115. The first-order valence-corrected chi connectivity index (χ1v) is 8.70. The average molecular weight is 354 g/mol. The third kappa shape index (κ3) is 4.06. The lowest BCUT2D eigenvalue weighted by Crippen LogP contribution is -2.23. The van der Waals surface area contributed by atoms with Crippen molar-refractivity contribution in [2.75, 3.05) is 5.32 Å². The van der Waals surface area contributed by atoms with Crippen LogP contribution in [0.15, 0.2) is 52.4 Å². The van der Waals surface area contributed by atoms with Gasteiger partial charge < -0.3 is 9.73 Å². The topological polar surface area (TPSA) is 80.9 Å². The van der Waals surface area contributed by atoms with Gasteiger partial charge in [-0.3, -0.25) is 9.78 Å². The molecule has 6 nitrogen and oxygen atoms in total. The van der Waals surface area contributed by atoms with Crippen LogP contribution in [0.25, 0.3) is 11.5 Å². The van der Waals surface area contributed by atoms with E-state index in [1.807, 2.05) is 45.0 Å². The van der Waals surface area contributed by atoms with Crippen LogP contribution in [0.1, 0.15) is 18.1 Å². The van der Waals surface area contributed by atoms with Gasteiger partial charge in [0.25, 0.3) is 5.22 Å². The molecule has 1 amide bonds. The number of amides is 1. The first-order chi connectivity index (χ1) is 12.0. The number of aryl methyl sites for hydroxylation is 2. The summed E-state index contributed by atoms with van der Waals surface area (Å²) in [7, 11) is 0. The van der Waals surface area contributed by atoms with E-state index in [1.54, 1.807) is 18.5 Å². The Kier molecular flexibility index (Phi) is 5.14. The van der Waals surface area contributed by atoms with Crippen LogP contribution >= 0.6 is 11.8 Å². The molecule has 0 aliphatic rings. The lowest BCUT2D eigenvalue weighted by atomic mass is 10.1. The van der Waals surface area contributed by atoms with E-state index in [-0.39, 0.29) is 11.2 Å². The normalized spacial score (nSPS) is 12.0. The number of para-hydroxylation sites is 1. The quantitative estimate of drug-likeness (QED) is 0.701. The Labute approximate surface area is 150 Å². The summed E-state index contributed by atoms with van der Waals surface area (Å²) in [6.45, 7) is 5.75. The summed E-state index contributed by atoms with van der Waals surface area (Å²) >= 11 is 1.23. The summed E-state index contributed by atoms with van der Waals surface area (Å²) < 4.78 is 5.61. The standard InChI is InChI=1S/C18H18N4O2S/c1-11-6-4-7-12(2)15(11)20-16(23)13(3)25-18-22-21-17(24-18)14-8-5-9-19-10-14/h4-10,13H,1-3H3,(H,20,23).